The van der Waals surface area contributed by atoms with E-state index in [0.717, 1.165) is 11.3 Å². The number of amides is 1. The third kappa shape index (κ3) is 2.17. The zero-order valence-electron chi connectivity index (χ0n) is 10.5. The molecule has 1 unspecified atom stereocenters. The average molecular weight is 274 g/mol. The van der Waals surface area contributed by atoms with Crippen molar-refractivity contribution in [3.8, 4) is 5.75 Å². The summed E-state index contributed by atoms with van der Waals surface area (Å²) in [6.45, 7) is 2.32. The SMILES string of the molecule is CC1Oc2cc(N)ccc2N(Cc2ccsc2)C1=O. The van der Waals surface area contributed by atoms with E-state index in [0.29, 0.717) is 18.0 Å². The lowest BCUT2D eigenvalue weighted by molar-refractivity contribution is -0.125. The van der Waals surface area contributed by atoms with Crippen LogP contribution >= 0.6 is 11.3 Å². The van der Waals surface area contributed by atoms with Crippen LogP contribution in [0.1, 0.15) is 12.5 Å². The molecule has 1 aliphatic heterocycles. The molecule has 19 heavy (non-hydrogen) atoms. The van der Waals surface area contributed by atoms with Gasteiger partial charge in [0, 0.05) is 11.8 Å². The van der Waals surface area contributed by atoms with E-state index in [4.69, 9.17) is 10.5 Å². The van der Waals surface area contributed by atoms with Crippen LogP contribution < -0.4 is 15.4 Å². The minimum absolute atomic E-state index is 0.0246. The van der Waals surface area contributed by atoms with Gasteiger partial charge in [-0.1, -0.05) is 0 Å². The molecule has 1 aromatic carbocycles. The Bertz CT molecular complexity index is 610. The van der Waals surface area contributed by atoms with Gasteiger partial charge >= 0.3 is 0 Å². The first-order valence-corrected chi connectivity index (χ1v) is 6.98. The first kappa shape index (κ1) is 12.0. The minimum atomic E-state index is -0.479. The molecule has 3 rings (SSSR count). The summed E-state index contributed by atoms with van der Waals surface area (Å²) in [5, 5.41) is 4.05. The molecule has 2 heterocycles. The van der Waals surface area contributed by atoms with Gasteiger partial charge in [0.05, 0.1) is 12.2 Å². The lowest BCUT2D eigenvalue weighted by Gasteiger charge is -2.33. The number of fused-ring (bicyclic) bond motifs is 1. The number of carbonyl (C=O) groups is 1. The topological polar surface area (TPSA) is 55.6 Å². The molecule has 0 saturated carbocycles. The number of rotatable bonds is 2. The molecule has 0 fully saturated rings. The predicted molar refractivity (Wildman–Crippen MR) is 76.5 cm³/mol. The van der Waals surface area contributed by atoms with Crippen molar-refractivity contribution < 1.29 is 9.53 Å². The lowest BCUT2D eigenvalue weighted by atomic mass is 10.1. The summed E-state index contributed by atoms with van der Waals surface area (Å²) < 4.78 is 5.61. The van der Waals surface area contributed by atoms with Crippen molar-refractivity contribution in [2.24, 2.45) is 0 Å². The molecule has 0 aliphatic carbocycles. The van der Waals surface area contributed by atoms with Crippen LogP contribution in [0.5, 0.6) is 5.75 Å². The van der Waals surface area contributed by atoms with Gasteiger partial charge in [-0.3, -0.25) is 4.79 Å². The van der Waals surface area contributed by atoms with E-state index in [9.17, 15) is 4.79 Å². The molecule has 0 bridgehead atoms. The van der Waals surface area contributed by atoms with Gasteiger partial charge in [0.15, 0.2) is 6.10 Å². The maximum atomic E-state index is 12.3. The number of hydrogen-bond acceptors (Lipinski definition) is 4. The number of nitrogen functional groups attached to an aromatic ring is 1. The van der Waals surface area contributed by atoms with Crippen molar-refractivity contribution in [1.82, 2.24) is 0 Å². The first-order valence-electron chi connectivity index (χ1n) is 6.04. The largest absolute Gasteiger partial charge is 0.479 e. The third-order valence-electron chi connectivity index (χ3n) is 3.11. The van der Waals surface area contributed by atoms with Crippen molar-refractivity contribution in [2.45, 2.75) is 19.6 Å². The standard InChI is InChI=1S/C14H14N2O2S/c1-9-14(17)16(7-10-4-5-19-8-10)12-3-2-11(15)6-13(12)18-9/h2-6,8-9H,7,15H2,1H3. The quantitative estimate of drug-likeness (QED) is 0.856. The zero-order chi connectivity index (χ0) is 13.4. The average Bonchev–Trinajstić information content (AvgIpc) is 2.87. The molecule has 2 N–H and O–H groups in total. The maximum absolute atomic E-state index is 12.3. The van der Waals surface area contributed by atoms with E-state index in [2.05, 4.69) is 0 Å². The molecule has 5 heteroatoms. The summed E-state index contributed by atoms with van der Waals surface area (Å²) in [7, 11) is 0. The van der Waals surface area contributed by atoms with Gasteiger partial charge in [-0.15, -0.1) is 0 Å². The van der Waals surface area contributed by atoms with Crippen molar-refractivity contribution in [3.63, 3.8) is 0 Å². The van der Waals surface area contributed by atoms with Crippen LogP contribution in [0.15, 0.2) is 35.0 Å². The number of nitrogens with two attached hydrogens (primary N) is 1. The Kier molecular flexibility index (Phi) is 2.91. The van der Waals surface area contributed by atoms with E-state index in [1.165, 1.54) is 0 Å². The Hall–Kier alpha value is -2.01. The summed E-state index contributed by atoms with van der Waals surface area (Å²) in [5.41, 5.74) is 8.30. The van der Waals surface area contributed by atoms with Crippen molar-refractivity contribution in [3.05, 3.63) is 40.6 Å². The summed E-state index contributed by atoms with van der Waals surface area (Å²) in [6, 6.07) is 7.40. The predicted octanol–water partition coefficient (Wildman–Crippen LogP) is 2.64. The molecule has 1 amide bonds. The molecule has 1 aromatic heterocycles. The van der Waals surface area contributed by atoms with Gasteiger partial charge < -0.3 is 15.4 Å². The van der Waals surface area contributed by atoms with Crippen LogP contribution in [0, 0.1) is 0 Å². The minimum Gasteiger partial charge on any atom is -0.479 e. The monoisotopic (exact) mass is 274 g/mol. The van der Waals surface area contributed by atoms with Crippen LogP contribution in [-0.4, -0.2) is 12.0 Å². The zero-order valence-corrected chi connectivity index (χ0v) is 11.3. The maximum Gasteiger partial charge on any atom is 0.268 e. The smallest absolute Gasteiger partial charge is 0.268 e. The number of anilines is 2. The summed E-state index contributed by atoms with van der Waals surface area (Å²) >= 11 is 1.62. The van der Waals surface area contributed by atoms with Gasteiger partial charge in [-0.25, -0.2) is 0 Å². The Morgan fingerprint density at radius 3 is 3.00 bits per heavy atom. The molecular formula is C14H14N2O2S. The van der Waals surface area contributed by atoms with Crippen LogP contribution in [0.3, 0.4) is 0 Å². The van der Waals surface area contributed by atoms with E-state index < -0.39 is 6.10 Å². The highest BCUT2D eigenvalue weighted by atomic mass is 32.1. The molecule has 2 aromatic rings. The summed E-state index contributed by atoms with van der Waals surface area (Å²) in [6.07, 6.45) is -0.479. The summed E-state index contributed by atoms with van der Waals surface area (Å²) in [5.74, 6) is 0.644. The van der Waals surface area contributed by atoms with E-state index >= 15 is 0 Å². The number of carbonyl (C=O) groups excluding carboxylic acids is 1. The number of ether oxygens (including phenoxy) is 1. The fourth-order valence-corrected chi connectivity index (χ4v) is 2.82. The van der Waals surface area contributed by atoms with Crippen LogP contribution in [0.25, 0.3) is 0 Å². The second kappa shape index (κ2) is 4.59. The second-order valence-electron chi connectivity index (χ2n) is 4.54. The lowest BCUT2D eigenvalue weighted by Crippen LogP contribution is -2.43. The Labute approximate surface area is 115 Å². The van der Waals surface area contributed by atoms with Gasteiger partial charge in [0.2, 0.25) is 0 Å². The fourth-order valence-electron chi connectivity index (χ4n) is 2.16. The molecule has 4 nitrogen and oxygen atoms in total. The van der Waals surface area contributed by atoms with Gasteiger partial charge in [0.1, 0.15) is 5.75 Å². The van der Waals surface area contributed by atoms with E-state index in [1.54, 1.807) is 35.3 Å². The molecule has 0 radical (unpaired) electrons. The molecule has 1 atom stereocenters. The van der Waals surface area contributed by atoms with Crippen LogP contribution in [0.2, 0.25) is 0 Å². The van der Waals surface area contributed by atoms with Gasteiger partial charge in [-0.2, -0.15) is 11.3 Å². The first-order chi connectivity index (χ1) is 9.15. The number of hydrogen-bond donors (Lipinski definition) is 1. The molecular weight excluding hydrogens is 260 g/mol. The number of nitrogens with zero attached hydrogens (tertiary/aromatic N) is 1. The number of thiophene rings is 1. The molecule has 1 aliphatic rings. The Morgan fingerprint density at radius 1 is 1.42 bits per heavy atom. The molecule has 0 spiro atoms. The highest BCUT2D eigenvalue weighted by molar-refractivity contribution is 7.07. The Morgan fingerprint density at radius 2 is 2.26 bits per heavy atom. The number of benzene rings is 1. The normalized spacial score (nSPS) is 18.1. The van der Waals surface area contributed by atoms with Crippen molar-refractivity contribution >= 4 is 28.6 Å². The van der Waals surface area contributed by atoms with Crippen molar-refractivity contribution in [2.75, 3.05) is 10.6 Å². The molecule has 0 saturated heterocycles. The van der Waals surface area contributed by atoms with Gasteiger partial charge in [0.25, 0.3) is 5.91 Å². The summed E-state index contributed by atoms with van der Waals surface area (Å²) in [4.78, 5) is 14.0. The van der Waals surface area contributed by atoms with Gasteiger partial charge in [-0.05, 0) is 41.4 Å². The fraction of sp³-hybridized carbons (Fsp3) is 0.214. The van der Waals surface area contributed by atoms with Crippen molar-refractivity contribution in [1.29, 1.82) is 0 Å². The highest BCUT2D eigenvalue weighted by Gasteiger charge is 2.31. The van der Waals surface area contributed by atoms with Crippen LogP contribution in [0.4, 0.5) is 11.4 Å². The van der Waals surface area contributed by atoms with E-state index in [1.807, 2.05) is 22.9 Å². The Balaban J connectivity index is 2.00. The van der Waals surface area contributed by atoms with E-state index in [-0.39, 0.29) is 5.91 Å². The van der Waals surface area contributed by atoms with Crippen LogP contribution in [-0.2, 0) is 11.3 Å². The highest BCUT2D eigenvalue weighted by Crippen LogP contribution is 2.36. The second-order valence-corrected chi connectivity index (χ2v) is 5.32. The molecule has 98 valence electrons. The third-order valence-corrected chi connectivity index (χ3v) is 3.85.